The fourth-order valence-corrected chi connectivity index (χ4v) is 7.12. The van der Waals surface area contributed by atoms with Crippen LogP contribution in [0.2, 0.25) is 0 Å². The van der Waals surface area contributed by atoms with Gasteiger partial charge >= 0.3 is 0 Å². The lowest BCUT2D eigenvalue weighted by molar-refractivity contribution is 1.28. The lowest BCUT2D eigenvalue weighted by Gasteiger charge is -2.26. The molecule has 0 aliphatic carbocycles. The molecule has 1 nitrogen and oxygen atoms in total. The van der Waals surface area contributed by atoms with Crippen LogP contribution in [0, 0.1) is 0 Å². The van der Waals surface area contributed by atoms with Crippen molar-refractivity contribution < 1.29 is 0 Å². The SMILES string of the molecule is c1ccc(N(c2ccc(-c3ccc4ccccc4c3)cc2)c2cccc(-c3cccc4ccc5ccc6ccccc6c5c34)c2)cc1. The summed E-state index contributed by atoms with van der Waals surface area (Å²) in [5.41, 5.74) is 8.22. The normalized spacial score (nSPS) is 11.4. The number of hydrogen-bond acceptors (Lipinski definition) is 1. The molecule has 9 rings (SSSR count). The average Bonchev–Trinajstić information content (AvgIpc) is 3.15. The van der Waals surface area contributed by atoms with Crippen molar-refractivity contribution in [3.63, 3.8) is 0 Å². The van der Waals surface area contributed by atoms with Crippen LogP contribution in [0.4, 0.5) is 17.1 Å². The minimum atomic E-state index is 1.12. The van der Waals surface area contributed by atoms with Crippen molar-refractivity contribution in [1.29, 1.82) is 0 Å². The van der Waals surface area contributed by atoms with Gasteiger partial charge in [-0.25, -0.2) is 0 Å². The van der Waals surface area contributed by atoms with Crippen LogP contribution >= 0.6 is 0 Å². The highest BCUT2D eigenvalue weighted by molar-refractivity contribution is 6.24. The van der Waals surface area contributed by atoms with E-state index in [1.54, 1.807) is 0 Å². The molecule has 0 aliphatic heterocycles. The molecule has 47 heavy (non-hydrogen) atoms. The van der Waals surface area contributed by atoms with Gasteiger partial charge in [0.25, 0.3) is 0 Å². The van der Waals surface area contributed by atoms with E-state index in [0.29, 0.717) is 0 Å². The second-order valence-electron chi connectivity index (χ2n) is 12.2. The molecule has 9 aromatic rings. The van der Waals surface area contributed by atoms with Gasteiger partial charge in [0.2, 0.25) is 0 Å². The van der Waals surface area contributed by atoms with Gasteiger partial charge in [0.15, 0.2) is 0 Å². The van der Waals surface area contributed by atoms with E-state index in [2.05, 4.69) is 193 Å². The van der Waals surface area contributed by atoms with E-state index >= 15 is 0 Å². The van der Waals surface area contributed by atoms with Crippen LogP contribution in [0.25, 0.3) is 65.3 Å². The lowest BCUT2D eigenvalue weighted by atomic mass is 9.91. The van der Waals surface area contributed by atoms with Gasteiger partial charge in [-0.2, -0.15) is 0 Å². The Morgan fingerprint density at radius 3 is 1.68 bits per heavy atom. The van der Waals surface area contributed by atoms with Gasteiger partial charge in [-0.05, 0) is 108 Å². The average molecular weight is 598 g/mol. The van der Waals surface area contributed by atoms with Crippen LogP contribution in [0.1, 0.15) is 0 Å². The summed E-state index contributed by atoms with van der Waals surface area (Å²) >= 11 is 0. The van der Waals surface area contributed by atoms with Gasteiger partial charge in [-0.15, -0.1) is 0 Å². The molecule has 0 radical (unpaired) electrons. The fraction of sp³-hybridized carbons (Fsp3) is 0. The zero-order valence-corrected chi connectivity index (χ0v) is 25.8. The molecule has 0 aliphatic rings. The molecule has 0 spiro atoms. The molecule has 0 fully saturated rings. The van der Waals surface area contributed by atoms with E-state index < -0.39 is 0 Å². The summed E-state index contributed by atoms with van der Waals surface area (Å²) in [5, 5.41) is 10.2. The van der Waals surface area contributed by atoms with Crippen molar-refractivity contribution in [3.8, 4) is 22.3 Å². The molecule has 220 valence electrons. The minimum absolute atomic E-state index is 1.12. The zero-order valence-electron chi connectivity index (χ0n) is 25.8. The van der Waals surface area contributed by atoms with Crippen molar-refractivity contribution in [1.82, 2.24) is 0 Å². The Kier molecular flexibility index (Phi) is 6.54. The summed E-state index contributed by atoms with van der Waals surface area (Å²) in [5.74, 6) is 0. The maximum atomic E-state index is 2.35. The third kappa shape index (κ3) is 4.81. The number of rotatable bonds is 5. The second kappa shape index (κ2) is 11.3. The second-order valence-corrected chi connectivity index (χ2v) is 12.2. The summed E-state index contributed by atoms with van der Waals surface area (Å²) in [6.07, 6.45) is 0. The monoisotopic (exact) mass is 597 g/mol. The first-order valence-corrected chi connectivity index (χ1v) is 16.2. The van der Waals surface area contributed by atoms with Crippen molar-refractivity contribution in [3.05, 3.63) is 188 Å². The first-order chi connectivity index (χ1) is 23.3. The molecule has 0 saturated heterocycles. The predicted octanol–water partition coefficient (Wildman–Crippen LogP) is 13.1. The third-order valence-electron chi connectivity index (χ3n) is 9.39. The van der Waals surface area contributed by atoms with E-state index in [4.69, 9.17) is 0 Å². The maximum Gasteiger partial charge on any atom is 0.0467 e. The Bertz CT molecular complexity index is 2560. The molecule has 0 heterocycles. The highest BCUT2D eigenvalue weighted by Crippen LogP contribution is 2.41. The van der Waals surface area contributed by atoms with E-state index in [0.717, 1.165) is 17.1 Å². The summed E-state index contributed by atoms with van der Waals surface area (Å²) in [7, 11) is 0. The Hall–Kier alpha value is -6.18. The van der Waals surface area contributed by atoms with Crippen molar-refractivity contribution >= 4 is 60.2 Å². The first kappa shape index (κ1) is 27.2. The molecule has 1 heteroatoms. The van der Waals surface area contributed by atoms with Crippen LogP contribution in [-0.2, 0) is 0 Å². The largest absolute Gasteiger partial charge is 0.310 e. The van der Waals surface area contributed by atoms with Gasteiger partial charge in [0.1, 0.15) is 0 Å². The highest BCUT2D eigenvalue weighted by atomic mass is 15.1. The van der Waals surface area contributed by atoms with E-state index in [-0.39, 0.29) is 0 Å². The topological polar surface area (TPSA) is 3.24 Å². The fourth-order valence-electron chi connectivity index (χ4n) is 7.12. The van der Waals surface area contributed by atoms with Gasteiger partial charge in [0, 0.05) is 17.1 Å². The summed E-state index contributed by atoms with van der Waals surface area (Å²) < 4.78 is 0. The molecule has 9 aromatic carbocycles. The zero-order chi connectivity index (χ0) is 31.2. The minimum Gasteiger partial charge on any atom is -0.310 e. The standard InChI is InChI=1S/C46H31N/c1-2-15-40(16-3-1)47(41-28-26-33(27-29-41)38-25-20-32-10-4-5-12-37(32)30-38)42-17-8-14-39(31-42)44-19-9-13-35-23-24-36-22-21-34-11-6-7-18-43(34)46(36)45(35)44/h1-31H. The molecule has 0 bridgehead atoms. The Labute approximate surface area is 274 Å². The number of fused-ring (bicyclic) bond motifs is 6. The van der Waals surface area contributed by atoms with Crippen LogP contribution in [0.3, 0.4) is 0 Å². The van der Waals surface area contributed by atoms with E-state index in [9.17, 15) is 0 Å². The molecule has 0 aromatic heterocycles. The lowest BCUT2D eigenvalue weighted by Crippen LogP contribution is -2.09. The van der Waals surface area contributed by atoms with Crippen molar-refractivity contribution in [2.75, 3.05) is 4.90 Å². The highest BCUT2D eigenvalue weighted by Gasteiger charge is 2.16. The van der Waals surface area contributed by atoms with Gasteiger partial charge in [-0.1, -0.05) is 146 Å². The van der Waals surface area contributed by atoms with Gasteiger partial charge in [-0.3, -0.25) is 0 Å². The molecule has 0 saturated carbocycles. The molecule has 0 atom stereocenters. The molecule has 0 N–H and O–H groups in total. The molecular weight excluding hydrogens is 567 g/mol. The van der Waals surface area contributed by atoms with Crippen LogP contribution < -0.4 is 4.90 Å². The third-order valence-corrected chi connectivity index (χ3v) is 9.39. The summed E-state index contributed by atoms with van der Waals surface area (Å²) in [6.45, 7) is 0. The van der Waals surface area contributed by atoms with E-state index in [1.807, 2.05) is 0 Å². The van der Waals surface area contributed by atoms with Gasteiger partial charge < -0.3 is 4.90 Å². The quantitative estimate of drug-likeness (QED) is 0.178. The smallest absolute Gasteiger partial charge is 0.0467 e. The number of nitrogens with zero attached hydrogens (tertiary/aromatic N) is 1. The number of hydrogen-bond donors (Lipinski definition) is 0. The van der Waals surface area contributed by atoms with Crippen LogP contribution in [0.5, 0.6) is 0 Å². The number of anilines is 3. The van der Waals surface area contributed by atoms with Gasteiger partial charge in [0.05, 0.1) is 0 Å². The first-order valence-electron chi connectivity index (χ1n) is 16.2. The summed E-state index contributed by atoms with van der Waals surface area (Å²) in [4.78, 5) is 2.35. The predicted molar refractivity (Wildman–Crippen MR) is 202 cm³/mol. The molecule has 0 unspecified atom stereocenters. The summed E-state index contributed by atoms with van der Waals surface area (Å²) in [6, 6.07) is 68.2. The Morgan fingerprint density at radius 2 is 0.851 bits per heavy atom. The van der Waals surface area contributed by atoms with Crippen molar-refractivity contribution in [2.24, 2.45) is 0 Å². The van der Waals surface area contributed by atoms with Crippen LogP contribution in [-0.4, -0.2) is 0 Å². The number of benzene rings is 9. The van der Waals surface area contributed by atoms with E-state index in [1.165, 1.54) is 65.3 Å². The Balaban J connectivity index is 1.18. The molecule has 0 amide bonds. The Morgan fingerprint density at radius 1 is 0.277 bits per heavy atom. The van der Waals surface area contributed by atoms with Crippen LogP contribution in [0.15, 0.2) is 188 Å². The maximum absolute atomic E-state index is 2.35. The van der Waals surface area contributed by atoms with Crippen molar-refractivity contribution in [2.45, 2.75) is 0 Å². The molecular formula is C46H31N. The number of para-hydroxylation sites is 1.